The van der Waals surface area contributed by atoms with E-state index in [0.29, 0.717) is 11.9 Å². The molecular formula is C20H33N5O3. The summed E-state index contributed by atoms with van der Waals surface area (Å²) >= 11 is 0. The van der Waals surface area contributed by atoms with Crippen molar-refractivity contribution in [1.82, 2.24) is 24.6 Å². The van der Waals surface area contributed by atoms with Gasteiger partial charge < -0.3 is 19.6 Å². The lowest BCUT2D eigenvalue weighted by atomic mass is 9.76. The van der Waals surface area contributed by atoms with Crippen molar-refractivity contribution in [2.75, 3.05) is 33.3 Å². The van der Waals surface area contributed by atoms with Gasteiger partial charge in [-0.25, -0.2) is 9.67 Å². The molecule has 0 radical (unpaired) electrons. The highest BCUT2D eigenvalue weighted by Gasteiger charge is 2.44. The fourth-order valence-electron chi connectivity index (χ4n) is 5.15. The summed E-state index contributed by atoms with van der Waals surface area (Å²) in [5.41, 5.74) is 0.213. The first kappa shape index (κ1) is 19.8. The molecule has 8 nitrogen and oxygen atoms in total. The second-order valence-corrected chi connectivity index (χ2v) is 9.04. The Labute approximate surface area is 166 Å². The van der Waals surface area contributed by atoms with E-state index >= 15 is 0 Å². The number of piperidine rings is 1. The standard InChI is InChI=1S/C20H33N5O3/c1-23(15-3-5-16(26)6-4-15)12-17-11-20(13-28-17)7-9-25(10-8-20)19(27)18-21-14-22-24(18)2/h14-17,26H,3-13H2,1-2H3/t15?,16?,17-/m1/s1. The largest absolute Gasteiger partial charge is 0.393 e. The Kier molecular flexibility index (Phi) is 5.71. The maximum atomic E-state index is 12.6. The summed E-state index contributed by atoms with van der Waals surface area (Å²) < 4.78 is 7.74. The van der Waals surface area contributed by atoms with E-state index in [1.807, 2.05) is 4.90 Å². The van der Waals surface area contributed by atoms with Gasteiger partial charge in [-0.05, 0) is 57.4 Å². The van der Waals surface area contributed by atoms with E-state index in [0.717, 1.165) is 71.2 Å². The number of rotatable bonds is 4. The first-order chi connectivity index (χ1) is 13.5. The number of aryl methyl sites for hydroxylation is 1. The van der Waals surface area contributed by atoms with Gasteiger partial charge >= 0.3 is 0 Å². The lowest BCUT2D eigenvalue weighted by Crippen LogP contribution is -2.44. The van der Waals surface area contributed by atoms with Crippen LogP contribution in [0, 0.1) is 5.41 Å². The van der Waals surface area contributed by atoms with Crippen molar-refractivity contribution < 1.29 is 14.6 Å². The number of likely N-dealkylation sites (tertiary alicyclic amines) is 1. The van der Waals surface area contributed by atoms with Crippen LogP contribution in [0.4, 0.5) is 0 Å². The zero-order valence-electron chi connectivity index (χ0n) is 17.1. The van der Waals surface area contributed by atoms with Crippen LogP contribution < -0.4 is 0 Å². The molecule has 1 atom stereocenters. The Balaban J connectivity index is 1.26. The van der Waals surface area contributed by atoms with E-state index in [9.17, 15) is 9.90 Å². The number of ether oxygens (including phenoxy) is 1. The van der Waals surface area contributed by atoms with Gasteiger partial charge in [0.25, 0.3) is 5.91 Å². The number of hydrogen-bond donors (Lipinski definition) is 1. The third-order valence-electron chi connectivity index (χ3n) is 7.08. The summed E-state index contributed by atoms with van der Waals surface area (Å²) in [5, 5.41) is 13.7. The zero-order chi connectivity index (χ0) is 19.7. The van der Waals surface area contributed by atoms with E-state index in [2.05, 4.69) is 22.0 Å². The first-order valence-corrected chi connectivity index (χ1v) is 10.6. The van der Waals surface area contributed by atoms with Crippen molar-refractivity contribution in [3.8, 4) is 0 Å². The number of aliphatic hydroxyl groups is 1. The molecule has 3 aliphatic rings. The van der Waals surface area contributed by atoms with Gasteiger partial charge in [0, 0.05) is 32.7 Å². The molecule has 1 aromatic rings. The second-order valence-electron chi connectivity index (χ2n) is 9.04. The van der Waals surface area contributed by atoms with Crippen LogP contribution >= 0.6 is 0 Å². The molecule has 0 aromatic carbocycles. The van der Waals surface area contributed by atoms with Crippen molar-refractivity contribution in [1.29, 1.82) is 0 Å². The number of aromatic nitrogens is 3. The van der Waals surface area contributed by atoms with E-state index in [-0.39, 0.29) is 23.5 Å². The molecule has 28 heavy (non-hydrogen) atoms. The molecule has 1 spiro atoms. The van der Waals surface area contributed by atoms with Crippen LogP contribution in [0.1, 0.15) is 55.6 Å². The molecule has 1 aliphatic carbocycles. The van der Waals surface area contributed by atoms with Crippen molar-refractivity contribution in [2.45, 2.75) is 63.2 Å². The van der Waals surface area contributed by atoms with Crippen LogP contribution in [0.25, 0.3) is 0 Å². The molecule has 1 N–H and O–H groups in total. The molecule has 1 saturated carbocycles. The van der Waals surface area contributed by atoms with Crippen LogP contribution in [-0.2, 0) is 11.8 Å². The Morgan fingerprint density at radius 2 is 2.04 bits per heavy atom. The molecule has 3 heterocycles. The number of aliphatic hydroxyl groups excluding tert-OH is 1. The molecule has 2 aliphatic heterocycles. The fourth-order valence-corrected chi connectivity index (χ4v) is 5.15. The van der Waals surface area contributed by atoms with Gasteiger partial charge in [0.15, 0.2) is 0 Å². The van der Waals surface area contributed by atoms with Crippen molar-refractivity contribution in [3.05, 3.63) is 12.2 Å². The lowest BCUT2D eigenvalue weighted by molar-refractivity contribution is 0.0333. The van der Waals surface area contributed by atoms with Crippen LogP contribution in [0.2, 0.25) is 0 Å². The average molecular weight is 392 g/mol. The summed E-state index contributed by atoms with van der Waals surface area (Å²) in [6.45, 7) is 3.29. The number of carbonyl (C=O) groups excluding carboxylic acids is 1. The summed E-state index contributed by atoms with van der Waals surface area (Å²) in [5.74, 6) is 0.389. The molecule has 2 saturated heterocycles. The molecule has 4 rings (SSSR count). The maximum absolute atomic E-state index is 12.6. The van der Waals surface area contributed by atoms with Gasteiger partial charge in [-0.2, -0.15) is 5.10 Å². The van der Waals surface area contributed by atoms with Gasteiger partial charge in [0.2, 0.25) is 5.82 Å². The summed E-state index contributed by atoms with van der Waals surface area (Å²) in [6, 6.07) is 0.564. The number of nitrogens with zero attached hydrogens (tertiary/aromatic N) is 5. The van der Waals surface area contributed by atoms with Gasteiger partial charge in [0.1, 0.15) is 6.33 Å². The molecular weight excluding hydrogens is 358 g/mol. The summed E-state index contributed by atoms with van der Waals surface area (Å²) in [6.07, 6.45) is 8.65. The minimum Gasteiger partial charge on any atom is -0.393 e. The Bertz CT molecular complexity index is 677. The van der Waals surface area contributed by atoms with Crippen molar-refractivity contribution >= 4 is 5.91 Å². The van der Waals surface area contributed by atoms with Crippen molar-refractivity contribution in [2.24, 2.45) is 12.5 Å². The molecule has 1 aromatic heterocycles. The smallest absolute Gasteiger partial charge is 0.291 e. The summed E-state index contributed by atoms with van der Waals surface area (Å²) in [4.78, 5) is 21.1. The van der Waals surface area contributed by atoms with Crippen molar-refractivity contribution in [3.63, 3.8) is 0 Å². The highest BCUT2D eigenvalue weighted by atomic mass is 16.5. The topological polar surface area (TPSA) is 83.7 Å². The molecule has 3 fully saturated rings. The SMILES string of the molecule is CN(C[C@H]1CC2(CCN(C(=O)c3ncnn3C)CC2)CO1)C1CCC(O)CC1. The van der Waals surface area contributed by atoms with E-state index in [1.165, 1.54) is 6.33 Å². The van der Waals surface area contributed by atoms with E-state index < -0.39 is 0 Å². The highest BCUT2D eigenvalue weighted by Crippen LogP contribution is 2.42. The first-order valence-electron chi connectivity index (χ1n) is 10.6. The Morgan fingerprint density at radius 3 is 2.68 bits per heavy atom. The monoisotopic (exact) mass is 391 g/mol. The molecule has 8 heteroatoms. The number of carbonyl (C=O) groups is 1. The Morgan fingerprint density at radius 1 is 1.32 bits per heavy atom. The molecule has 1 amide bonds. The number of amides is 1. The lowest BCUT2D eigenvalue weighted by Gasteiger charge is -2.38. The zero-order valence-corrected chi connectivity index (χ0v) is 17.1. The Hall–Kier alpha value is -1.51. The quantitative estimate of drug-likeness (QED) is 0.826. The van der Waals surface area contributed by atoms with E-state index in [1.54, 1.807) is 11.7 Å². The minimum atomic E-state index is -0.106. The van der Waals surface area contributed by atoms with Crippen LogP contribution in [0.5, 0.6) is 0 Å². The number of hydrogen-bond acceptors (Lipinski definition) is 6. The average Bonchev–Trinajstić information content (AvgIpc) is 3.29. The maximum Gasteiger partial charge on any atom is 0.291 e. The van der Waals surface area contributed by atoms with E-state index in [4.69, 9.17) is 4.74 Å². The van der Waals surface area contributed by atoms with Gasteiger partial charge in [0.05, 0.1) is 18.8 Å². The minimum absolute atomic E-state index is 0.0236. The predicted molar refractivity (Wildman–Crippen MR) is 104 cm³/mol. The third kappa shape index (κ3) is 4.09. The molecule has 0 bridgehead atoms. The van der Waals surface area contributed by atoms with Crippen LogP contribution in [0.15, 0.2) is 6.33 Å². The highest BCUT2D eigenvalue weighted by molar-refractivity contribution is 5.90. The molecule has 0 unspecified atom stereocenters. The third-order valence-corrected chi connectivity index (χ3v) is 7.08. The predicted octanol–water partition coefficient (Wildman–Crippen LogP) is 1.06. The normalized spacial score (nSPS) is 30.3. The fraction of sp³-hybridized carbons (Fsp3) is 0.850. The summed E-state index contributed by atoms with van der Waals surface area (Å²) in [7, 11) is 3.95. The van der Waals surface area contributed by atoms with Gasteiger partial charge in [-0.3, -0.25) is 4.79 Å². The van der Waals surface area contributed by atoms with Gasteiger partial charge in [-0.1, -0.05) is 0 Å². The van der Waals surface area contributed by atoms with Crippen LogP contribution in [-0.4, -0.2) is 87.1 Å². The number of likely N-dealkylation sites (N-methyl/N-ethyl adjacent to an activating group) is 1. The second kappa shape index (κ2) is 8.08. The molecule has 156 valence electrons. The van der Waals surface area contributed by atoms with Crippen LogP contribution in [0.3, 0.4) is 0 Å². The van der Waals surface area contributed by atoms with Gasteiger partial charge in [-0.15, -0.1) is 0 Å².